The molecule has 0 amide bonds. The van der Waals surface area contributed by atoms with Crippen LogP contribution in [0, 0.1) is 0 Å². The zero-order valence-electron chi connectivity index (χ0n) is 8.40. The molecular formula is C10H12BrNO3. The second-order valence-electron chi connectivity index (χ2n) is 2.93. The number of carbonyl (C=O) groups excluding carboxylic acids is 1. The Kier molecular flexibility index (Phi) is 4.55. The van der Waals surface area contributed by atoms with Gasteiger partial charge in [0.25, 0.3) is 5.56 Å². The van der Waals surface area contributed by atoms with Gasteiger partial charge >= 0.3 is 5.97 Å². The smallest absolute Gasteiger partial charge is 0.307 e. The second-order valence-corrected chi connectivity index (χ2v) is 3.85. The van der Waals surface area contributed by atoms with Crippen molar-refractivity contribution in [2.75, 3.05) is 6.61 Å². The van der Waals surface area contributed by atoms with Crippen LogP contribution in [0.4, 0.5) is 0 Å². The van der Waals surface area contributed by atoms with Crippen LogP contribution >= 0.6 is 15.9 Å². The van der Waals surface area contributed by atoms with Gasteiger partial charge in [-0.05, 0) is 28.9 Å². The van der Waals surface area contributed by atoms with Gasteiger partial charge in [-0.2, -0.15) is 0 Å². The lowest BCUT2D eigenvalue weighted by atomic mass is 10.4. The monoisotopic (exact) mass is 273 g/mol. The Hall–Kier alpha value is -1.10. The minimum Gasteiger partial charge on any atom is -0.466 e. The van der Waals surface area contributed by atoms with Gasteiger partial charge in [-0.3, -0.25) is 9.59 Å². The third kappa shape index (κ3) is 3.87. The van der Waals surface area contributed by atoms with Gasteiger partial charge in [-0.15, -0.1) is 0 Å². The molecule has 0 aromatic carbocycles. The van der Waals surface area contributed by atoms with Crippen LogP contribution < -0.4 is 5.56 Å². The van der Waals surface area contributed by atoms with Gasteiger partial charge in [-0.1, -0.05) is 0 Å². The van der Waals surface area contributed by atoms with E-state index in [0.717, 1.165) is 4.47 Å². The van der Waals surface area contributed by atoms with Gasteiger partial charge < -0.3 is 9.30 Å². The van der Waals surface area contributed by atoms with Crippen molar-refractivity contribution < 1.29 is 9.53 Å². The lowest BCUT2D eigenvalue weighted by Crippen LogP contribution is -2.20. The molecular weight excluding hydrogens is 262 g/mol. The van der Waals surface area contributed by atoms with Gasteiger partial charge in [0.2, 0.25) is 0 Å². The van der Waals surface area contributed by atoms with Crippen molar-refractivity contribution in [2.45, 2.75) is 19.9 Å². The summed E-state index contributed by atoms with van der Waals surface area (Å²) < 4.78 is 7.05. The minimum absolute atomic E-state index is 0.123. The Morgan fingerprint density at radius 3 is 2.93 bits per heavy atom. The highest BCUT2D eigenvalue weighted by atomic mass is 79.9. The molecule has 0 fully saturated rings. The van der Waals surface area contributed by atoms with Crippen LogP contribution in [0.2, 0.25) is 0 Å². The van der Waals surface area contributed by atoms with Gasteiger partial charge in [0.05, 0.1) is 13.0 Å². The quantitative estimate of drug-likeness (QED) is 0.783. The van der Waals surface area contributed by atoms with Crippen LogP contribution in [0.15, 0.2) is 27.6 Å². The molecule has 1 heterocycles. The Labute approximate surface area is 96.0 Å². The number of aromatic nitrogens is 1. The highest BCUT2D eigenvalue weighted by Crippen LogP contribution is 2.05. The fraction of sp³-hybridized carbons (Fsp3) is 0.400. The van der Waals surface area contributed by atoms with E-state index in [4.69, 9.17) is 4.74 Å². The van der Waals surface area contributed by atoms with E-state index in [9.17, 15) is 9.59 Å². The summed E-state index contributed by atoms with van der Waals surface area (Å²) in [7, 11) is 0. The molecule has 1 rings (SSSR count). The van der Waals surface area contributed by atoms with E-state index >= 15 is 0 Å². The van der Waals surface area contributed by atoms with Crippen LogP contribution in [0.1, 0.15) is 13.3 Å². The van der Waals surface area contributed by atoms with Crippen molar-refractivity contribution in [2.24, 2.45) is 0 Å². The molecule has 1 aromatic heterocycles. The first-order chi connectivity index (χ1) is 7.13. The molecule has 0 N–H and O–H groups in total. The van der Waals surface area contributed by atoms with E-state index in [1.165, 1.54) is 10.6 Å². The maximum Gasteiger partial charge on any atom is 0.307 e. The average Bonchev–Trinajstić information content (AvgIpc) is 2.20. The SMILES string of the molecule is CCOC(=O)CCn1cc(Br)ccc1=O. The zero-order chi connectivity index (χ0) is 11.3. The lowest BCUT2D eigenvalue weighted by Gasteiger charge is -2.05. The number of esters is 1. The molecule has 0 saturated heterocycles. The standard InChI is InChI=1S/C10H12BrNO3/c1-2-15-10(14)5-6-12-7-8(11)3-4-9(12)13/h3-4,7H,2,5-6H2,1H3. The third-order valence-electron chi connectivity index (χ3n) is 1.81. The van der Waals surface area contributed by atoms with E-state index in [0.29, 0.717) is 13.2 Å². The molecule has 0 saturated carbocycles. The summed E-state index contributed by atoms with van der Waals surface area (Å²) >= 11 is 3.26. The molecule has 0 radical (unpaired) electrons. The maximum atomic E-state index is 11.3. The van der Waals surface area contributed by atoms with Gasteiger partial charge in [0.1, 0.15) is 0 Å². The van der Waals surface area contributed by atoms with Gasteiger partial charge in [-0.25, -0.2) is 0 Å². The van der Waals surface area contributed by atoms with Gasteiger partial charge in [0.15, 0.2) is 0 Å². The van der Waals surface area contributed by atoms with Gasteiger partial charge in [0, 0.05) is 23.3 Å². The number of aryl methyl sites for hydroxylation is 1. The molecule has 82 valence electrons. The number of pyridine rings is 1. The molecule has 0 spiro atoms. The fourth-order valence-corrected chi connectivity index (χ4v) is 1.50. The molecule has 1 aromatic rings. The molecule has 0 aliphatic heterocycles. The predicted octanol–water partition coefficient (Wildman–Crippen LogP) is 1.56. The summed E-state index contributed by atoms with van der Waals surface area (Å²) in [5, 5.41) is 0. The first-order valence-electron chi connectivity index (χ1n) is 4.65. The Balaban J connectivity index is 2.61. The van der Waals surface area contributed by atoms with Crippen molar-refractivity contribution in [3.05, 3.63) is 33.2 Å². The number of hydrogen-bond acceptors (Lipinski definition) is 3. The zero-order valence-corrected chi connectivity index (χ0v) is 9.99. The topological polar surface area (TPSA) is 48.3 Å². The van der Waals surface area contributed by atoms with Crippen molar-refractivity contribution >= 4 is 21.9 Å². The van der Waals surface area contributed by atoms with Crippen LogP contribution in [-0.2, 0) is 16.1 Å². The average molecular weight is 274 g/mol. The summed E-state index contributed by atoms with van der Waals surface area (Å²) in [5.74, 6) is -0.288. The largest absolute Gasteiger partial charge is 0.466 e. The highest BCUT2D eigenvalue weighted by Gasteiger charge is 2.03. The van der Waals surface area contributed by atoms with E-state index in [-0.39, 0.29) is 17.9 Å². The van der Waals surface area contributed by atoms with E-state index in [1.54, 1.807) is 19.2 Å². The van der Waals surface area contributed by atoms with Crippen molar-refractivity contribution in [3.63, 3.8) is 0 Å². The number of ether oxygens (including phenoxy) is 1. The van der Waals surface area contributed by atoms with Crippen LogP contribution in [0.3, 0.4) is 0 Å². The second kappa shape index (κ2) is 5.70. The van der Waals surface area contributed by atoms with Crippen LogP contribution in [0.5, 0.6) is 0 Å². The number of rotatable bonds is 4. The first kappa shape index (κ1) is 12.0. The predicted molar refractivity (Wildman–Crippen MR) is 59.7 cm³/mol. The maximum absolute atomic E-state index is 11.3. The highest BCUT2D eigenvalue weighted by molar-refractivity contribution is 9.10. The molecule has 0 aliphatic rings. The number of nitrogens with zero attached hydrogens (tertiary/aromatic N) is 1. The van der Waals surface area contributed by atoms with Crippen molar-refractivity contribution in [1.29, 1.82) is 0 Å². The third-order valence-corrected chi connectivity index (χ3v) is 2.28. The summed E-state index contributed by atoms with van der Waals surface area (Å²) in [6, 6.07) is 3.12. The number of halogens is 1. The Bertz CT molecular complexity index is 400. The first-order valence-corrected chi connectivity index (χ1v) is 5.44. The van der Waals surface area contributed by atoms with E-state index in [2.05, 4.69) is 15.9 Å². The Morgan fingerprint density at radius 1 is 1.53 bits per heavy atom. The molecule has 0 aliphatic carbocycles. The molecule has 4 nitrogen and oxygen atoms in total. The fourth-order valence-electron chi connectivity index (χ4n) is 1.12. The Morgan fingerprint density at radius 2 is 2.27 bits per heavy atom. The summed E-state index contributed by atoms with van der Waals surface area (Å²) in [4.78, 5) is 22.4. The molecule has 0 bridgehead atoms. The van der Waals surface area contributed by atoms with Crippen molar-refractivity contribution in [1.82, 2.24) is 4.57 Å². The minimum atomic E-state index is -0.288. The van der Waals surface area contributed by atoms with Crippen LogP contribution in [0.25, 0.3) is 0 Å². The van der Waals surface area contributed by atoms with E-state index < -0.39 is 0 Å². The van der Waals surface area contributed by atoms with E-state index in [1.807, 2.05) is 0 Å². The van der Waals surface area contributed by atoms with Crippen molar-refractivity contribution in [3.8, 4) is 0 Å². The molecule has 15 heavy (non-hydrogen) atoms. The normalized spacial score (nSPS) is 10.0. The summed E-state index contributed by atoms with van der Waals surface area (Å²) in [6.45, 7) is 2.46. The van der Waals surface area contributed by atoms with Crippen LogP contribution in [-0.4, -0.2) is 17.1 Å². The summed E-state index contributed by atoms with van der Waals surface area (Å²) in [5.41, 5.74) is -0.123. The summed E-state index contributed by atoms with van der Waals surface area (Å²) in [6.07, 6.45) is 1.87. The molecule has 0 atom stereocenters. The molecule has 5 heteroatoms. The number of hydrogen-bond donors (Lipinski definition) is 0. The number of carbonyl (C=O) groups is 1. The lowest BCUT2D eigenvalue weighted by molar-refractivity contribution is -0.143. The molecule has 0 unspecified atom stereocenters.